The van der Waals surface area contributed by atoms with E-state index in [0.29, 0.717) is 11.3 Å². The van der Waals surface area contributed by atoms with E-state index in [1.165, 1.54) is 9.58 Å². The quantitative estimate of drug-likeness (QED) is 0.488. The Morgan fingerprint density at radius 2 is 1.91 bits per heavy atom. The maximum atomic E-state index is 14.6. The Morgan fingerprint density at radius 1 is 1.03 bits per heavy atom. The zero-order valence-electron chi connectivity index (χ0n) is 16.9. The summed E-state index contributed by atoms with van der Waals surface area (Å²) in [6.07, 6.45) is 1.29. The van der Waals surface area contributed by atoms with Gasteiger partial charge in [0.25, 0.3) is 11.8 Å². The van der Waals surface area contributed by atoms with Crippen molar-refractivity contribution in [3.05, 3.63) is 78.8 Å². The number of alkyl halides is 2. The van der Waals surface area contributed by atoms with Crippen LogP contribution in [0, 0.1) is 0 Å². The molecule has 4 aromatic rings. The summed E-state index contributed by atoms with van der Waals surface area (Å²) < 4.78 is 36.4. The topological polar surface area (TPSA) is 73.1 Å². The number of pyridine rings is 2. The number of benzene rings is 1. The molecule has 1 saturated heterocycles. The molecule has 0 bridgehead atoms. The van der Waals surface area contributed by atoms with Crippen LogP contribution in [0.25, 0.3) is 16.7 Å². The molecule has 0 saturated carbocycles. The van der Waals surface area contributed by atoms with Crippen LogP contribution in [-0.4, -0.2) is 55.7 Å². The summed E-state index contributed by atoms with van der Waals surface area (Å²) in [5.41, 5.74) is 0.808. The molecule has 3 aromatic heterocycles. The third-order valence-corrected chi connectivity index (χ3v) is 5.39. The SMILES string of the molecule is O=C(c1cccc(-n2cccn2)n1)N1CCC(F)(F)C(Oc2ccc3ccccc3n2)C1. The van der Waals surface area contributed by atoms with Gasteiger partial charge in [0.1, 0.15) is 5.69 Å². The maximum absolute atomic E-state index is 14.6. The van der Waals surface area contributed by atoms with E-state index in [2.05, 4.69) is 15.1 Å². The van der Waals surface area contributed by atoms with Gasteiger partial charge in [0.05, 0.1) is 12.1 Å². The lowest BCUT2D eigenvalue weighted by Crippen LogP contribution is -2.55. The number of piperidine rings is 1. The van der Waals surface area contributed by atoms with E-state index in [1.807, 2.05) is 18.2 Å². The number of likely N-dealkylation sites (tertiary alicyclic amines) is 1. The highest BCUT2D eigenvalue weighted by Gasteiger charge is 2.47. The fraction of sp³-hybridized carbons (Fsp3) is 0.217. The zero-order chi connectivity index (χ0) is 22.1. The molecule has 4 heterocycles. The summed E-state index contributed by atoms with van der Waals surface area (Å²) in [6.45, 7) is -0.363. The Hall–Kier alpha value is -3.88. The number of halogens is 2. The van der Waals surface area contributed by atoms with Gasteiger partial charge in [0.15, 0.2) is 11.9 Å². The molecule has 9 heteroatoms. The number of ether oxygens (including phenoxy) is 1. The van der Waals surface area contributed by atoms with Crippen LogP contribution in [0.15, 0.2) is 73.1 Å². The lowest BCUT2D eigenvalue weighted by molar-refractivity contribution is -0.131. The molecule has 1 amide bonds. The summed E-state index contributed by atoms with van der Waals surface area (Å²) in [4.78, 5) is 23.0. The molecule has 0 radical (unpaired) electrons. The highest BCUT2D eigenvalue weighted by atomic mass is 19.3. The number of nitrogens with zero attached hydrogens (tertiary/aromatic N) is 5. The van der Waals surface area contributed by atoms with Crippen LogP contribution in [0.2, 0.25) is 0 Å². The minimum absolute atomic E-state index is 0.0927. The Balaban J connectivity index is 1.36. The largest absolute Gasteiger partial charge is 0.466 e. The molecule has 0 N–H and O–H groups in total. The first-order valence-corrected chi connectivity index (χ1v) is 10.2. The average Bonchev–Trinajstić information content (AvgIpc) is 3.35. The summed E-state index contributed by atoms with van der Waals surface area (Å²) in [7, 11) is 0. The van der Waals surface area contributed by atoms with E-state index < -0.39 is 24.4 Å². The molecule has 0 spiro atoms. The fourth-order valence-corrected chi connectivity index (χ4v) is 3.67. The zero-order valence-corrected chi connectivity index (χ0v) is 16.9. The number of fused-ring (bicyclic) bond motifs is 1. The standard InChI is InChI=1S/C23H19F2N5O2/c24-23(25)11-14-29(22(31)18-7-3-8-20(27-18)30-13-4-12-26-30)15-19(23)32-21-10-9-16-5-1-2-6-17(16)28-21/h1-10,12-13,19H,11,14-15H2. The second-order valence-corrected chi connectivity index (χ2v) is 7.54. The van der Waals surface area contributed by atoms with Crippen molar-refractivity contribution in [1.29, 1.82) is 0 Å². The Labute approximate surface area is 182 Å². The third kappa shape index (κ3) is 3.89. The number of para-hydroxylation sites is 1. The molecular weight excluding hydrogens is 416 g/mol. The highest BCUT2D eigenvalue weighted by molar-refractivity contribution is 5.92. The number of hydrogen-bond donors (Lipinski definition) is 0. The smallest absolute Gasteiger partial charge is 0.287 e. The fourth-order valence-electron chi connectivity index (χ4n) is 3.67. The van der Waals surface area contributed by atoms with Crippen molar-refractivity contribution in [3.63, 3.8) is 0 Å². The molecule has 1 fully saturated rings. The van der Waals surface area contributed by atoms with E-state index in [4.69, 9.17) is 4.74 Å². The Bertz CT molecular complexity index is 1260. The average molecular weight is 435 g/mol. The van der Waals surface area contributed by atoms with Gasteiger partial charge in [-0.15, -0.1) is 0 Å². The number of carbonyl (C=O) groups is 1. The minimum atomic E-state index is -3.09. The van der Waals surface area contributed by atoms with Gasteiger partial charge in [-0.05, 0) is 30.3 Å². The van der Waals surface area contributed by atoms with Crippen molar-refractivity contribution in [2.75, 3.05) is 13.1 Å². The lowest BCUT2D eigenvalue weighted by Gasteiger charge is -2.37. The molecule has 1 aromatic carbocycles. The third-order valence-electron chi connectivity index (χ3n) is 5.39. The van der Waals surface area contributed by atoms with Crippen LogP contribution in [-0.2, 0) is 0 Å². The lowest BCUT2D eigenvalue weighted by atomic mass is 10.0. The van der Waals surface area contributed by atoms with E-state index in [0.717, 1.165) is 5.39 Å². The first-order chi connectivity index (χ1) is 15.5. The molecular formula is C23H19F2N5O2. The van der Waals surface area contributed by atoms with Gasteiger partial charge in [-0.2, -0.15) is 5.10 Å². The van der Waals surface area contributed by atoms with Crippen molar-refractivity contribution in [2.24, 2.45) is 0 Å². The van der Waals surface area contributed by atoms with E-state index in [9.17, 15) is 13.6 Å². The van der Waals surface area contributed by atoms with Crippen molar-refractivity contribution in [2.45, 2.75) is 18.4 Å². The molecule has 1 aliphatic heterocycles. The molecule has 7 nitrogen and oxygen atoms in total. The monoisotopic (exact) mass is 435 g/mol. The van der Waals surface area contributed by atoms with Crippen molar-refractivity contribution < 1.29 is 18.3 Å². The Kier molecular flexibility index (Phi) is 5.01. The molecule has 1 atom stereocenters. The van der Waals surface area contributed by atoms with Crippen molar-refractivity contribution in [1.82, 2.24) is 24.6 Å². The minimum Gasteiger partial charge on any atom is -0.466 e. The van der Waals surface area contributed by atoms with Crippen LogP contribution in [0.1, 0.15) is 16.9 Å². The molecule has 32 heavy (non-hydrogen) atoms. The van der Waals surface area contributed by atoms with E-state index >= 15 is 0 Å². The van der Waals surface area contributed by atoms with Gasteiger partial charge >= 0.3 is 0 Å². The predicted molar refractivity (Wildman–Crippen MR) is 113 cm³/mol. The first kappa shape index (κ1) is 20.0. The van der Waals surface area contributed by atoms with Crippen LogP contribution >= 0.6 is 0 Å². The normalized spacial score (nSPS) is 17.9. The number of aromatic nitrogens is 4. The van der Waals surface area contributed by atoms with Crippen LogP contribution in [0.3, 0.4) is 0 Å². The second kappa shape index (κ2) is 7.99. The van der Waals surface area contributed by atoms with Crippen LogP contribution in [0.5, 0.6) is 5.88 Å². The predicted octanol–water partition coefficient (Wildman–Crippen LogP) is 3.74. The second-order valence-electron chi connectivity index (χ2n) is 7.54. The van der Waals surface area contributed by atoms with Crippen molar-refractivity contribution in [3.8, 4) is 11.7 Å². The van der Waals surface area contributed by atoms with Crippen LogP contribution < -0.4 is 4.74 Å². The Morgan fingerprint density at radius 3 is 2.75 bits per heavy atom. The van der Waals surface area contributed by atoms with Gasteiger partial charge < -0.3 is 9.64 Å². The molecule has 1 aliphatic rings. The van der Waals surface area contributed by atoms with Gasteiger partial charge in [-0.25, -0.2) is 23.4 Å². The highest BCUT2D eigenvalue weighted by Crippen LogP contribution is 2.32. The molecule has 162 valence electrons. The van der Waals surface area contributed by atoms with Crippen molar-refractivity contribution >= 4 is 16.8 Å². The summed E-state index contributed by atoms with van der Waals surface area (Å²) in [6, 6.07) is 17.4. The van der Waals surface area contributed by atoms with E-state index in [1.54, 1.807) is 54.9 Å². The number of carbonyl (C=O) groups excluding carboxylic acids is 1. The number of rotatable bonds is 4. The molecule has 1 unspecified atom stereocenters. The maximum Gasteiger partial charge on any atom is 0.287 e. The van der Waals surface area contributed by atoms with Gasteiger partial charge in [-0.3, -0.25) is 4.79 Å². The van der Waals surface area contributed by atoms with Gasteiger partial charge in [0, 0.05) is 36.8 Å². The molecule has 5 rings (SSSR count). The summed E-state index contributed by atoms with van der Waals surface area (Å²) in [5.74, 6) is -2.96. The van der Waals surface area contributed by atoms with Crippen LogP contribution in [0.4, 0.5) is 8.78 Å². The summed E-state index contributed by atoms with van der Waals surface area (Å²) in [5, 5.41) is 4.99. The first-order valence-electron chi connectivity index (χ1n) is 10.2. The van der Waals surface area contributed by atoms with Gasteiger partial charge in [0.2, 0.25) is 5.88 Å². The summed E-state index contributed by atoms with van der Waals surface area (Å²) >= 11 is 0. The number of hydrogen-bond acceptors (Lipinski definition) is 5. The molecule has 0 aliphatic carbocycles. The van der Waals surface area contributed by atoms with Gasteiger partial charge in [-0.1, -0.05) is 24.3 Å². The number of amides is 1. The van der Waals surface area contributed by atoms with E-state index in [-0.39, 0.29) is 24.7 Å².